The Labute approximate surface area is 190 Å². The normalized spacial score (nSPS) is 14.5. The monoisotopic (exact) mass is 445 g/mol. The summed E-state index contributed by atoms with van der Waals surface area (Å²) < 4.78 is 23.9. The quantitative estimate of drug-likeness (QED) is 0.464. The van der Waals surface area contributed by atoms with Gasteiger partial charge in [-0.2, -0.15) is 0 Å². The third kappa shape index (κ3) is 6.23. The van der Waals surface area contributed by atoms with Crippen LogP contribution in [-0.2, 0) is 16.2 Å². The lowest BCUT2D eigenvalue weighted by Crippen LogP contribution is -2.38. The maximum atomic E-state index is 13.1. The second-order valence-electron chi connectivity index (χ2n) is 7.92. The number of amides is 1. The van der Waals surface area contributed by atoms with Crippen molar-refractivity contribution in [2.75, 3.05) is 47.1 Å². The fraction of sp³-hybridized carbons (Fsp3) is 0.583. The fourth-order valence-corrected chi connectivity index (χ4v) is 3.87. The highest BCUT2D eigenvalue weighted by atomic mass is 16.5. The van der Waals surface area contributed by atoms with E-state index in [1.165, 1.54) is 0 Å². The van der Waals surface area contributed by atoms with Crippen molar-refractivity contribution in [3.05, 3.63) is 42.0 Å². The average molecular weight is 446 g/mol. The summed E-state index contributed by atoms with van der Waals surface area (Å²) in [6.07, 6.45) is 7.50. The van der Waals surface area contributed by atoms with Crippen molar-refractivity contribution in [3.8, 4) is 11.5 Å². The molecule has 1 aromatic heterocycles. The lowest BCUT2D eigenvalue weighted by molar-refractivity contribution is 0.0318. The number of likely N-dealkylation sites (tertiary alicyclic amines) is 1. The van der Waals surface area contributed by atoms with Crippen LogP contribution in [0.3, 0.4) is 0 Å². The fourth-order valence-electron chi connectivity index (χ4n) is 3.87. The minimum Gasteiger partial charge on any atom is -0.493 e. The number of benzene rings is 1. The summed E-state index contributed by atoms with van der Waals surface area (Å²) in [4.78, 5) is 19.6. The molecular weight excluding hydrogens is 410 g/mol. The number of hydrogen-bond donors (Lipinski definition) is 0. The van der Waals surface area contributed by atoms with E-state index in [9.17, 15) is 4.79 Å². The second kappa shape index (κ2) is 12.5. The number of methoxy groups -OCH3 is 2. The zero-order chi connectivity index (χ0) is 22.8. The van der Waals surface area contributed by atoms with E-state index in [2.05, 4.69) is 11.9 Å². The molecule has 0 radical (unpaired) electrons. The number of rotatable bonds is 12. The molecule has 2 heterocycles. The van der Waals surface area contributed by atoms with Crippen LogP contribution in [0.2, 0.25) is 0 Å². The first-order valence-corrected chi connectivity index (χ1v) is 11.4. The van der Waals surface area contributed by atoms with Crippen LogP contribution in [0.4, 0.5) is 0 Å². The van der Waals surface area contributed by atoms with Gasteiger partial charge in [-0.3, -0.25) is 4.79 Å². The van der Waals surface area contributed by atoms with Gasteiger partial charge >= 0.3 is 0 Å². The number of hydrogen-bond acceptors (Lipinski definition) is 6. The summed E-state index contributed by atoms with van der Waals surface area (Å²) in [6, 6.07) is 5.42. The predicted octanol–water partition coefficient (Wildman–Crippen LogP) is 3.71. The van der Waals surface area contributed by atoms with E-state index in [1.54, 1.807) is 20.3 Å². The first kappa shape index (κ1) is 24.1. The van der Waals surface area contributed by atoms with Gasteiger partial charge in [0.1, 0.15) is 12.6 Å². The third-order valence-electron chi connectivity index (χ3n) is 5.72. The molecule has 3 rings (SSSR count). The van der Waals surface area contributed by atoms with E-state index in [4.69, 9.17) is 18.9 Å². The molecule has 0 spiro atoms. The van der Waals surface area contributed by atoms with Gasteiger partial charge in [-0.05, 0) is 37.5 Å². The summed E-state index contributed by atoms with van der Waals surface area (Å²) in [7, 11) is 3.27. The Morgan fingerprint density at radius 3 is 2.66 bits per heavy atom. The van der Waals surface area contributed by atoms with Crippen molar-refractivity contribution in [2.24, 2.45) is 0 Å². The Kier molecular flexibility index (Phi) is 9.37. The van der Waals surface area contributed by atoms with Gasteiger partial charge in [0.25, 0.3) is 5.91 Å². The molecule has 0 saturated carbocycles. The molecule has 1 fully saturated rings. The number of ether oxygens (including phenoxy) is 4. The summed E-state index contributed by atoms with van der Waals surface area (Å²) in [6.45, 7) is 5.69. The van der Waals surface area contributed by atoms with E-state index in [1.807, 2.05) is 34.0 Å². The zero-order valence-electron chi connectivity index (χ0n) is 19.4. The molecule has 0 bridgehead atoms. The number of imidazole rings is 1. The largest absolute Gasteiger partial charge is 0.493 e. The minimum atomic E-state index is 0.0256. The minimum absolute atomic E-state index is 0.0256. The predicted molar refractivity (Wildman–Crippen MR) is 121 cm³/mol. The van der Waals surface area contributed by atoms with Gasteiger partial charge in [0.2, 0.25) is 0 Å². The lowest BCUT2D eigenvalue weighted by atomic mass is 9.95. The van der Waals surface area contributed by atoms with Crippen molar-refractivity contribution < 1.29 is 23.7 Å². The van der Waals surface area contributed by atoms with Gasteiger partial charge in [-0.25, -0.2) is 4.98 Å². The van der Waals surface area contributed by atoms with Gasteiger partial charge in [0.15, 0.2) is 11.5 Å². The van der Waals surface area contributed by atoms with E-state index >= 15 is 0 Å². The molecule has 1 aliphatic heterocycles. The molecule has 1 aliphatic rings. The van der Waals surface area contributed by atoms with Crippen molar-refractivity contribution in [1.29, 1.82) is 0 Å². The number of piperidine rings is 1. The molecule has 8 heteroatoms. The number of aromatic nitrogens is 2. The van der Waals surface area contributed by atoms with E-state index in [0.29, 0.717) is 62.6 Å². The molecular formula is C24H35N3O5. The highest BCUT2D eigenvalue weighted by molar-refractivity contribution is 5.95. The maximum Gasteiger partial charge on any atom is 0.253 e. The topological polar surface area (TPSA) is 75.1 Å². The van der Waals surface area contributed by atoms with Gasteiger partial charge in [-0.1, -0.05) is 13.3 Å². The molecule has 2 aromatic rings. The molecule has 0 N–H and O–H groups in total. The molecule has 8 nitrogen and oxygen atoms in total. The molecule has 176 valence electrons. The van der Waals surface area contributed by atoms with Crippen molar-refractivity contribution in [3.63, 3.8) is 0 Å². The molecule has 32 heavy (non-hydrogen) atoms. The number of carbonyl (C=O) groups excluding carboxylic acids is 1. The van der Waals surface area contributed by atoms with Crippen molar-refractivity contribution >= 4 is 5.91 Å². The molecule has 1 aromatic carbocycles. The summed E-state index contributed by atoms with van der Waals surface area (Å²) in [5, 5.41) is 0. The first-order valence-electron chi connectivity index (χ1n) is 11.4. The number of unbranched alkanes of at least 4 members (excludes halogenated alkanes) is 1. The van der Waals surface area contributed by atoms with Gasteiger partial charge < -0.3 is 28.4 Å². The van der Waals surface area contributed by atoms with Crippen molar-refractivity contribution in [1.82, 2.24) is 14.5 Å². The summed E-state index contributed by atoms with van der Waals surface area (Å²) in [5.41, 5.74) is 0.629. The lowest BCUT2D eigenvalue weighted by Gasteiger charge is -2.32. The van der Waals surface area contributed by atoms with Crippen molar-refractivity contribution in [2.45, 2.75) is 45.3 Å². The highest BCUT2D eigenvalue weighted by Crippen LogP contribution is 2.31. The summed E-state index contributed by atoms with van der Waals surface area (Å²) in [5.74, 6) is 2.63. The zero-order valence-corrected chi connectivity index (χ0v) is 19.4. The molecule has 1 amide bonds. The number of carbonyl (C=O) groups is 1. The molecule has 0 atom stereocenters. The third-order valence-corrected chi connectivity index (χ3v) is 5.72. The van der Waals surface area contributed by atoms with E-state index in [-0.39, 0.29) is 5.91 Å². The summed E-state index contributed by atoms with van der Waals surface area (Å²) >= 11 is 0. The standard InChI is InChI=1S/C24H35N3O5/c1-4-5-14-32-22-17-20(6-7-21(22)30-3)24(28)26-11-8-19(9-12-26)23-25-10-13-27(23)18-31-16-15-29-2/h6-7,10,13,17,19H,4-5,8-9,11-12,14-16,18H2,1-3H3. The van der Waals surface area contributed by atoms with E-state index in [0.717, 1.165) is 31.5 Å². The van der Waals surface area contributed by atoms with Crippen LogP contribution in [-0.4, -0.2) is 67.5 Å². The highest BCUT2D eigenvalue weighted by Gasteiger charge is 2.27. The Balaban J connectivity index is 1.58. The van der Waals surface area contributed by atoms with Crippen LogP contribution >= 0.6 is 0 Å². The molecule has 1 saturated heterocycles. The van der Waals surface area contributed by atoms with Crippen LogP contribution in [0.15, 0.2) is 30.6 Å². The molecule has 0 aliphatic carbocycles. The van der Waals surface area contributed by atoms with Gasteiger partial charge in [0, 0.05) is 44.1 Å². The Bertz CT molecular complexity index is 846. The maximum absolute atomic E-state index is 13.1. The Hall–Kier alpha value is -2.58. The van der Waals surface area contributed by atoms with E-state index < -0.39 is 0 Å². The Morgan fingerprint density at radius 2 is 1.94 bits per heavy atom. The SMILES string of the molecule is CCCCOc1cc(C(=O)N2CCC(c3nccn3COCCOC)CC2)ccc1OC. The second-order valence-corrected chi connectivity index (χ2v) is 7.92. The van der Waals surface area contributed by atoms with Gasteiger partial charge in [0.05, 0.1) is 26.9 Å². The van der Waals surface area contributed by atoms with Crippen LogP contribution in [0, 0.1) is 0 Å². The van der Waals surface area contributed by atoms with Crippen LogP contribution in [0.25, 0.3) is 0 Å². The van der Waals surface area contributed by atoms with Gasteiger partial charge in [-0.15, -0.1) is 0 Å². The Morgan fingerprint density at radius 1 is 1.12 bits per heavy atom. The average Bonchev–Trinajstić information content (AvgIpc) is 3.30. The van der Waals surface area contributed by atoms with Crippen LogP contribution in [0.5, 0.6) is 11.5 Å². The number of nitrogens with zero attached hydrogens (tertiary/aromatic N) is 3. The van der Waals surface area contributed by atoms with Crippen LogP contribution < -0.4 is 9.47 Å². The molecule has 0 unspecified atom stereocenters. The van der Waals surface area contributed by atoms with Crippen LogP contribution in [0.1, 0.15) is 54.7 Å². The first-order chi connectivity index (χ1) is 15.7. The smallest absolute Gasteiger partial charge is 0.253 e.